The van der Waals surface area contributed by atoms with E-state index in [0.29, 0.717) is 25.4 Å². The minimum atomic E-state index is 0.263. The normalized spacial score (nSPS) is 19.9. The third-order valence-corrected chi connectivity index (χ3v) is 4.03. The van der Waals surface area contributed by atoms with Gasteiger partial charge in [-0.3, -0.25) is 4.79 Å². The van der Waals surface area contributed by atoms with Gasteiger partial charge >= 0.3 is 0 Å². The fraction of sp³-hybridized carbons (Fsp3) is 0.562. The van der Waals surface area contributed by atoms with Gasteiger partial charge in [-0.15, -0.1) is 0 Å². The van der Waals surface area contributed by atoms with Crippen molar-refractivity contribution in [1.29, 1.82) is 0 Å². The van der Waals surface area contributed by atoms with Crippen molar-refractivity contribution in [3.8, 4) is 5.75 Å². The highest BCUT2D eigenvalue weighted by Crippen LogP contribution is 2.22. The summed E-state index contributed by atoms with van der Waals surface area (Å²) in [5, 5.41) is 0. The topological polar surface area (TPSA) is 55.6 Å². The number of hydrogen-bond donors (Lipinski definition) is 1. The van der Waals surface area contributed by atoms with Crippen LogP contribution in [0.5, 0.6) is 5.75 Å². The Labute approximate surface area is 120 Å². The van der Waals surface area contributed by atoms with E-state index in [1.54, 1.807) is 7.11 Å². The summed E-state index contributed by atoms with van der Waals surface area (Å²) in [7, 11) is 1.65. The first kappa shape index (κ1) is 14.9. The van der Waals surface area contributed by atoms with Crippen LogP contribution in [0.3, 0.4) is 0 Å². The first-order valence-electron chi connectivity index (χ1n) is 7.27. The van der Waals surface area contributed by atoms with E-state index in [0.717, 1.165) is 36.3 Å². The predicted octanol–water partition coefficient (Wildman–Crippen LogP) is 2.30. The molecule has 1 saturated heterocycles. The monoisotopic (exact) mass is 276 g/mol. The molecule has 4 nitrogen and oxygen atoms in total. The number of hydrogen-bond acceptors (Lipinski definition) is 3. The smallest absolute Gasteiger partial charge is 0.222 e. The van der Waals surface area contributed by atoms with E-state index < -0.39 is 0 Å². The second-order valence-corrected chi connectivity index (χ2v) is 5.60. The minimum absolute atomic E-state index is 0.263. The van der Waals surface area contributed by atoms with Crippen LogP contribution >= 0.6 is 0 Å². The van der Waals surface area contributed by atoms with Crippen molar-refractivity contribution >= 4 is 5.91 Å². The molecule has 1 aliphatic rings. The Bertz CT molecular complexity index is 474. The quantitative estimate of drug-likeness (QED) is 0.918. The standard InChI is InChI=1S/C16H24N2O2/c1-12-3-6-16(19)18(8-7-12)11-13-4-5-15(20-2)14(9-13)10-17/h4-5,9,12H,3,6-8,10-11,17H2,1-2H3. The Balaban J connectivity index is 2.10. The molecule has 1 fully saturated rings. The lowest BCUT2D eigenvalue weighted by atomic mass is 10.0. The maximum atomic E-state index is 12.1. The number of likely N-dealkylation sites (tertiary alicyclic amines) is 1. The SMILES string of the molecule is COc1ccc(CN2CCC(C)CCC2=O)cc1CN. The van der Waals surface area contributed by atoms with Gasteiger partial charge in [-0.1, -0.05) is 13.0 Å². The Morgan fingerprint density at radius 3 is 2.90 bits per heavy atom. The van der Waals surface area contributed by atoms with Crippen LogP contribution in [0.15, 0.2) is 18.2 Å². The second-order valence-electron chi connectivity index (χ2n) is 5.60. The van der Waals surface area contributed by atoms with Gasteiger partial charge in [0.25, 0.3) is 0 Å². The minimum Gasteiger partial charge on any atom is -0.496 e. The summed E-state index contributed by atoms with van der Waals surface area (Å²) in [4.78, 5) is 14.1. The Morgan fingerprint density at radius 2 is 2.20 bits per heavy atom. The van der Waals surface area contributed by atoms with Crippen molar-refractivity contribution in [3.63, 3.8) is 0 Å². The van der Waals surface area contributed by atoms with Crippen LogP contribution in [0.1, 0.15) is 37.3 Å². The molecule has 1 aromatic rings. The zero-order valence-corrected chi connectivity index (χ0v) is 12.4. The van der Waals surface area contributed by atoms with Crippen LogP contribution in [0, 0.1) is 5.92 Å². The van der Waals surface area contributed by atoms with E-state index in [9.17, 15) is 4.79 Å². The molecule has 1 amide bonds. The molecule has 1 aliphatic heterocycles. The van der Waals surface area contributed by atoms with Gasteiger partial charge < -0.3 is 15.4 Å². The van der Waals surface area contributed by atoms with Crippen molar-refractivity contribution in [1.82, 2.24) is 4.90 Å². The highest BCUT2D eigenvalue weighted by molar-refractivity contribution is 5.76. The first-order chi connectivity index (χ1) is 9.63. The molecule has 110 valence electrons. The summed E-state index contributed by atoms with van der Waals surface area (Å²) in [6, 6.07) is 5.99. The van der Waals surface area contributed by atoms with Crippen LogP contribution in [0.25, 0.3) is 0 Å². The molecule has 0 saturated carbocycles. The molecule has 0 spiro atoms. The van der Waals surface area contributed by atoms with Crippen LogP contribution in [0.4, 0.5) is 0 Å². The van der Waals surface area contributed by atoms with Gasteiger partial charge in [-0.2, -0.15) is 0 Å². The Morgan fingerprint density at radius 1 is 1.40 bits per heavy atom. The van der Waals surface area contributed by atoms with Crippen molar-refractivity contribution in [2.45, 2.75) is 39.3 Å². The number of carbonyl (C=O) groups excluding carboxylic acids is 1. The summed E-state index contributed by atoms with van der Waals surface area (Å²) in [5.74, 6) is 1.71. The predicted molar refractivity (Wildman–Crippen MR) is 79.3 cm³/mol. The maximum Gasteiger partial charge on any atom is 0.222 e. The van der Waals surface area contributed by atoms with E-state index in [-0.39, 0.29) is 5.91 Å². The van der Waals surface area contributed by atoms with Crippen molar-refractivity contribution < 1.29 is 9.53 Å². The van der Waals surface area contributed by atoms with Gasteiger partial charge in [0.2, 0.25) is 5.91 Å². The van der Waals surface area contributed by atoms with Crippen LogP contribution in [-0.2, 0) is 17.9 Å². The van der Waals surface area contributed by atoms with E-state index in [2.05, 4.69) is 6.92 Å². The fourth-order valence-electron chi connectivity index (χ4n) is 2.65. The van der Waals surface area contributed by atoms with Crippen LogP contribution in [0.2, 0.25) is 0 Å². The molecule has 1 unspecified atom stereocenters. The highest BCUT2D eigenvalue weighted by atomic mass is 16.5. The molecular weight excluding hydrogens is 252 g/mol. The molecule has 20 heavy (non-hydrogen) atoms. The van der Waals surface area contributed by atoms with E-state index in [4.69, 9.17) is 10.5 Å². The lowest BCUT2D eigenvalue weighted by molar-refractivity contribution is -0.131. The van der Waals surface area contributed by atoms with Crippen LogP contribution < -0.4 is 10.5 Å². The van der Waals surface area contributed by atoms with E-state index >= 15 is 0 Å². The second kappa shape index (κ2) is 6.75. The summed E-state index contributed by atoms with van der Waals surface area (Å²) in [5.41, 5.74) is 7.84. The average Bonchev–Trinajstić information content (AvgIpc) is 2.62. The summed E-state index contributed by atoms with van der Waals surface area (Å²) in [6.07, 6.45) is 2.76. The van der Waals surface area contributed by atoms with E-state index in [1.165, 1.54) is 0 Å². The molecule has 2 rings (SSSR count). The van der Waals surface area contributed by atoms with Gasteiger partial charge in [0.1, 0.15) is 5.75 Å². The van der Waals surface area contributed by atoms with Crippen LogP contribution in [-0.4, -0.2) is 24.5 Å². The highest BCUT2D eigenvalue weighted by Gasteiger charge is 2.20. The third kappa shape index (κ3) is 3.51. The van der Waals surface area contributed by atoms with Gasteiger partial charge in [0.05, 0.1) is 7.11 Å². The molecule has 1 aromatic carbocycles. The van der Waals surface area contributed by atoms with Crippen molar-refractivity contribution in [3.05, 3.63) is 29.3 Å². The van der Waals surface area contributed by atoms with Crippen molar-refractivity contribution in [2.75, 3.05) is 13.7 Å². The molecule has 0 bridgehead atoms. The Kier molecular flexibility index (Phi) is 5.01. The van der Waals surface area contributed by atoms with Gasteiger partial charge in [0.15, 0.2) is 0 Å². The van der Waals surface area contributed by atoms with Crippen molar-refractivity contribution in [2.24, 2.45) is 11.7 Å². The molecule has 4 heteroatoms. The van der Waals surface area contributed by atoms with E-state index in [1.807, 2.05) is 23.1 Å². The number of amides is 1. The number of methoxy groups -OCH3 is 1. The molecule has 1 atom stereocenters. The Hall–Kier alpha value is -1.55. The largest absolute Gasteiger partial charge is 0.496 e. The number of rotatable bonds is 4. The molecule has 0 aromatic heterocycles. The zero-order valence-electron chi connectivity index (χ0n) is 12.4. The number of nitrogens with two attached hydrogens (primary N) is 1. The number of carbonyl (C=O) groups is 1. The third-order valence-electron chi connectivity index (χ3n) is 4.03. The summed E-state index contributed by atoms with van der Waals surface area (Å²) < 4.78 is 5.28. The molecule has 1 heterocycles. The lowest BCUT2D eigenvalue weighted by Crippen LogP contribution is -2.29. The van der Waals surface area contributed by atoms with Gasteiger partial charge in [-0.05, 0) is 36.5 Å². The average molecular weight is 276 g/mol. The fourth-order valence-corrected chi connectivity index (χ4v) is 2.65. The lowest BCUT2D eigenvalue weighted by Gasteiger charge is -2.21. The molecule has 0 radical (unpaired) electrons. The molecule has 2 N–H and O–H groups in total. The van der Waals surface area contributed by atoms with Gasteiger partial charge in [-0.25, -0.2) is 0 Å². The summed E-state index contributed by atoms with van der Waals surface area (Å²) in [6.45, 7) is 4.19. The number of benzene rings is 1. The number of nitrogens with zero attached hydrogens (tertiary/aromatic N) is 1. The summed E-state index contributed by atoms with van der Waals surface area (Å²) >= 11 is 0. The molecule has 0 aliphatic carbocycles. The maximum absolute atomic E-state index is 12.1. The first-order valence-corrected chi connectivity index (χ1v) is 7.27. The van der Waals surface area contributed by atoms with Gasteiger partial charge in [0, 0.05) is 31.6 Å². The molecular formula is C16H24N2O2. The number of ether oxygens (including phenoxy) is 1. The zero-order chi connectivity index (χ0) is 14.5.